The first-order valence-corrected chi connectivity index (χ1v) is 6.82. The van der Waals surface area contributed by atoms with E-state index in [2.05, 4.69) is 29.0 Å². The van der Waals surface area contributed by atoms with Crippen molar-refractivity contribution in [2.24, 2.45) is 0 Å². The zero-order valence-electron chi connectivity index (χ0n) is 11.8. The highest BCUT2D eigenvalue weighted by Gasteiger charge is 2.08. The number of rotatable bonds is 5. The molecule has 1 N–H and O–H groups in total. The van der Waals surface area contributed by atoms with Crippen molar-refractivity contribution < 1.29 is 4.79 Å². The number of amides is 1. The number of para-hydroxylation sites is 1. The number of pyridine rings is 1. The fourth-order valence-electron chi connectivity index (χ4n) is 2.01. The lowest BCUT2D eigenvalue weighted by Gasteiger charge is -2.20. The minimum atomic E-state index is -0.192. The van der Waals surface area contributed by atoms with Crippen molar-refractivity contribution in [1.82, 2.24) is 4.98 Å². The standard InChI is InChI=1S/C16H19N3O/c1-3-19(4-2)14-10-11-15(17-12-14)16(20)18-13-8-6-5-7-9-13/h5-12H,3-4H2,1-2H3,(H,18,20). The maximum atomic E-state index is 12.0. The number of aromatic nitrogens is 1. The van der Waals surface area contributed by atoms with Crippen molar-refractivity contribution in [3.8, 4) is 0 Å². The van der Waals surface area contributed by atoms with Crippen molar-refractivity contribution >= 4 is 17.3 Å². The molecule has 0 aliphatic heterocycles. The van der Waals surface area contributed by atoms with Gasteiger partial charge in [0.2, 0.25) is 0 Å². The van der Waals surface area contributed by atoms with Crippen LogP contribution in [0.2, 0.25) is 0 Å². The number of hydrogen-bond acceptors (Lipinski definition) is 3. The Balaban J connectivity index is 2.08. The SMILES string of the molecule is CCN(CC)c1ccc(C(=O)Nc2ccccc2)nc1. The van der Waals surface area contributed by atoms with Crippen LogP contribution in [0.4, 0.5) is 11.4 Å². The second-order valence-electron chi connectivity index (χ2n) is 4.39. The summed E-state index contributed by atoms with van der Waals surface area (Å²) in [4.78, 5) is 18.5. The quantitative estimate of drug-likeness (QED) is 0.906. The average Bonchev–Trinajstić information content (AvgIpc) is 2.50. The highest BCUT2D eigenvalue weighted by atomic mass is 16.1. The minimum absolute atomic E-state index is 0.192. The normalized spacial score (nSPS) is 10.1. The van der Waals surface area contributed by atoms with Crippen LogP contribution in [-0.2, 0) is 0 Å². The van der Waals surface area contributed by atoms with Crippen LogP contribution < -0.4 is 10.2 Å². The Morgan fingerprint density at radius 2 is 1.80 bits per heavy atom. The minimum Gasteiger partial charge on any atom is -0.371 e. The summed E-state index contributed by atoms with van der Waals surface area (Å²) >= 11 is 0. The van der Waals surface area contributed by atoms with Crippen LogP contribution >= 0.6 is 0 Å². The third-order valence-electron chi connectivity index (χ3n) is 3.14. The summed E-state index contributed by atoms with van der Waals surface area (Å²) in [7, 11) is 0. The van der Waals surface area contributed by atoms with Gasteiger partial charge in [0.05, 0.1) is 11.9 Å². The number of hydrogen-bond donors (Lipinski definition) is 1. The predicted octanol–water partition coefficient (Wildman–Crippen LogP) is 3.18. The van der Waals surface area contributed by atoms with Gasteiger partial charge in [-0.15, -0.1) is 0 Å². The summed E-state index contributed by atoms with van der Waals surface area (Å²) < 4.78 is 0. The van der Waals surface area contributed by atoms with Crippen LogP contribution in [0.5, 0.6) is 0 Å². The van der Waals surface area contributed by atoms with E-state index in [0.717, 1.165) is 24.5 Å². The molecule has 20 heavy (non-hydrogen) atoms. The van der Waals surface area contributed by atoms with Crippen LogP contribution in [0.3, 0.4) is 0 Å². The lowest BCUT2D eigenvalue weighted by molar-refractivity contribution is 0.102. The molecule has 4 nitrogen and oxygen atoms in total. The van der Waals surface area contributed by atoms with E-state index in [1.807, 2.05) is 36.4 Å². The maximum Gasteiger partial charge on any atom is 0.274 e. The molecular weight excluding hydrogens is 250 g/mol. The molecule has 0 aliphatic rings. The molecule has 0 bridgehead atoms. The van der Waals surface area contributed by atoms with Gasteiger partial charge in [0.1, 0.15) is 5.69 Å². The van der Waals surface area contributed by atoms with E-state index in [4.69, 9.17) is 0 Å². The fourth-order valence-corrected chi connectivity index (χ4v) is 2.01. The van der Waals surface area contributed by atoms with Crippen molar-refractivity contribution in [3.05, 3.63) is 54.4 Å². The molecule has 0 aliphatic carbocycles. The van der Waals surface area contributed by atoms with Gasteiger partial charge in [-0.1, -0.05) is 18.2 Å². The summed E-state index contributed by atoms with van der Waals surface area (Å²) in [5.41, 5.74) is 2.23. The Morgan fingerprint density at radius 3 is 2.35 bits per heavy atom. The summed E-state index contributed by atoms with van der Waals surface area (Å²) in [6.07, 6.45) is 1.74. The topological polar surface area (TPSA) is 45.2 Å². The number of benzene rings is 1. The van der Waals surface area contributed by atoms with Gasteiger partial charge < -0.3 is 10.2 Å². The van der Waals surface area contributed by atoms with E-state index in [9.17, 15) is 4.79 Å². The van der Waals surface area contributed by atoms with Crippen LogP contribution in [-0.4, -0.2) is 24.0 Å². The first-order valence-electron chi connectivity index (χ1n) is 6.82. The zero-order valence-corrected chi connectivity index (χ0v) is 11.8. The molecule has 2 aromatic rings. The third-order valence-corrected chi connectivity index (χ3v) is 3.14. The summed E-state index contributed by atoms with van der Waals surface area (Å²) in [6, 6.07) is 13.1. The molecule has 0 saturated heterocycles. The van der Waals surface area contributed by atoms with E-state index < -0.39 is 0 Å². The summed E-state index contributed by atoms with van der Waals surface area (Å²) in [6.45, 7) is 6.04. The molecule has 0 unspecified atom stereocenters. The molecule has 0 fully saturated rings. The van der Waals surface area contributed by atoms with E-state index in [1.165, 1.54) is 0 Å². The van der Waals surface area contributed by atoms with Crippen LogP contribution in [0.1, 0.15) is 24.3 Å². The smallest absolute Gasteiger partial charge is 0.274 e. The van der Waals surface area contributed by atoms with Gasteiger partial charge >= 0.3 is 0 Å². The monoisotopic (exact) mass is 269 g/mol. The second kappa shape index (κ2) is 6.70. The Hall–Kier alpha value is -2.36. The molecule has 0 atom stereocenters. The van der Waals surface area contributed by atoms with Crippen LogP contribution in [0.15, 0.2) is 48.7 Å². The van der Waals surface area contributed by atoms with Gasteiger partial charge in [-0.3, -0.25) is 4.79 Å². The molecular formula is C16H19N3O. The van der Waals surface area contributed by atoms with Gasteiger partial charge in [0, 0.05) is 18.8 Å². The Labute approximate surface area is 119 Å². The molecule has 0 saturated carbocycles. The van der Waals surface area contributed by atoms with E-state index in [-0.39, 0.29) is 5.91 Å². The molecule has 1 aromatic carbocycles. The summed E-state index contributed by atoms with van der Waals surface area (Å²) in [5.74, 6) is -0.192. The van der Waals surface area contributed by atoms with Crippen LogP contribution in [0.25, 0.3) is 0 Å². The highest BCUT2D eigenvalue weighted by molar-refractivity contribution is 6.02. The molecule has 1 heterocycles. The lowest BCUT2D eigenvalue weighted by Crippen LogP contribution is -2.22. The van der Waals surface area contributed by atoms with Gasteiger partial charge in [-0.25, -0.2) is 4.98 Å². The van der Waals surface area contributed by atoms with Gasteiger partial charge in [-0.05, 0) is 38.1 Å². The van der Waals surface area contributed by atoms with Crippen LogP contribution in [0, 0.1) is 0 Å². The molecule has 1 aromatic heterocycles. The molecule has 2 rings (SSSR count). The Kier molecular flexibility index (Phi) is 4.71. The van der Waals surface area contributed by atoms with E-state index in [1.54, 1.807) is 12.3 Å². The van der Waals surface area contributed by atoms with Gasteiger partial charge in [0.15, 0.2) is 0 Å². The lowest BCUT2D eigenvalue weighted by atomic mass is 10.2. The highest BCUT2D eigenvalue weighted by Crippen LogP contribution is 2.13. The number of nitrogens with one attached hydrogen (secondary N) is 1. The average molecular weight is 269 g/mol. The molecule has 1 amide bonds. The van der Waals surface area contributed by atoms with Crippen molar-refractivity contribution in [1.29, 1.82) is 0 Å². The Morgan fingerprint density at radius 1 is 1.10 bits per heavy atom. The van der Waals surface area contributed by atoms with Gasteiger partial charge in [-0.2, -0.15) is 0 Å². The number of anilines is 2. The van der Waals surface area contributed by atoms with Crippen molar-refractivity contribution in [2.75, 3.05) is 23.3 Å². The molecule has 0 spiro atoms. The molecule has 104 valence electrons. The summed E-state index contributed by atoms with van der Waals surface area (Å²) in [5, 5.41) is 2.82. The fraction of sp³-hybridized carbons (Fsp3) is 0.250. The number of nitrogens with zero attached hydrogens (tertiary/aromatic N) is 2. The molecule has 4 heteroatoms. The first-order chi connectivity index (χ1) is 9.74. The van der Waals surface area contributed by atoms with Gasteiger partial charge in [0.25, 0.3) is 5.91 Å². The molecule has 0 radical (unpaired) electrons. The predicted molar refractivity (Wildman–Crippen MR) is 82.2 cm³/mol. The second-order valence-corrected chi connectivity index (χ2v) is 4.39. The van der Waals surface area contributed by atoms with E-state index in [0.29, 0.717) is 5.69 Å². The first kappa shape index (κ1) is 14.1. The van der Waals surface area contributed by atoms with E-state index >= 15 is 0 Å². The Bertz CT molecular complexity index is 548. The van der Waals surface area contributed by atoms with Crippen molar-refractivity contribution in [2.45, 2.75) is 13.8 Å². The van der Waals surface area contributed by atoms with Crippen molar-refractivity contribution in [3.63, 3.8) is 0 Å². The zero-order chi connectivity index (χ0) is 14.4. The largest absolute Gasteiger partial charge is 0.371 e. The maximum absolute atomic E-state index is 12.0. The number of carbonyl (C=O) groups is 1. The number of carbonyl (C=O) groups excluding carboxylic acids is 1. The third kappa shape index (κ3) is 3.35.